The van der Waals surface area contributed by atoms with Crippen LogP contribution in [0, 0.1) is 5.92 Å². The van der Waals surface area contributed by atoms with Crippen LogP contribution in [0.1, 0.15) is 37.6 Å². The molecule has 4 rings (SSSR count). The third kappa shape index (κ3) is 3.49. The number of carbonyl (C=O) groups excluding carboxylic acids is 2. The minimum absolute atomic E-state index is 0.162. The molecule has 29 heavy (non-hydrogen) atoms. The van der Waals surface area contributed by atoms with Crippen molar-refractivity contribution in [1.82, 2.24) is 9.88 Å². The highest BCUT2D eigenvalue weighted by Crippen LogP contribution is 2.44. The van der Waals surface area contributed by atoms with E-state index in [1.54, 1.807) is 0 Å². The van der Waals surface area contributed by atoms with Crippen LogP contribution >= 0.6 is 0 Å². The van der Waals surface area contributed by atoms with E-state index in [2.05, 4.69) is 34.2 Å². The number of H-pyrrole nitrogens is 1. The van der Waals surface area contributed by atoms with Crippen LogP contribution in [0.4, 0.5) is 0 Å². The summed E-state index contributed by atoms with van der Waals surface area (Å²) in [6, 6.07) is 8.56. The number of para-hydroxylation sites is 1. The fraction of sp³-hybridized carbons (Fsp3) is 0.391. The quantitative estimate of drug-likeness (QED) is 0.372. The van der Waals surface area contributed by atoms with Gasteiger partial charge in [-0.05, 0) is 31.4 Å². The standard InChI is InChI=1S/C23H26N2O4/c1-4-15-12-25-10-9-17-16-7-5-6-8-20(16)24-22(17)21(25)11-18(15)19(23(27)28-3)13-29-14(2)26/h4-8,13,18,21,24H,9-12H2,1-3H3/b15-4-,19-13-/t18-,21+/m1/s1. The smallest absolute Gasteiger partial charge is 0.337 e. The molecule has 0 aliphatic carbocycles. The lowest BCUT2D eigenvalue weighted by atomic mass is 9.78. The summed E-state index contributed by atoms with van der Waals surface area (Å²) < 4.78 is 10.1. The zero-order valence-corrected chi connectivity index (χ0v) is 17.0. The van der Waals surface area contributed by atoms with Gasteiger partial charge in [-0.25, -0.2) is 4.79 Å². The van der Waals surface area contributed by atoms with Gasteiger partial charge < -0.3 is 14.5 Å². The highest BCUT2D eigenvalue weighted by Gasteiger charge is 2.40. The molecular formula is C23H26N2O4. The van der Waals surface area contributed by atoms with Crippen LogP contribution in [-0.2, 0) is 25.5 Å². The zero-order chi connectivity index (χ0) is 20.5. The van der Waals surface area contributed by atoms with Gasteiger partial charge in [0.1, 0.15) is 6.26 Å². The Bertz CT molecular complexity index is 1020. The number of aromatic amines is 1. The Hall–Kier alpha value is -2.86. The van der Waals surface area contributed by atoms with Crippen LogP contribution in [-0.4, -0.2) is 42.0 Å². The van der Waals surface area contributed by atoms with E-state index in [1.807, 2.05) is 13.0 Å². The van der Waals surface area contributed by atoms with E-state index in [1.165, 1.54) is 36.9 Å². The maximum atomic E-state index is 12.5. The second-order valence-corrected chi connectivity index (χ2v) is 7.63. The summed E-state index contributed by atoms with van der Waals surface area (Å²) in [6.45, 7) is 5.06. The van der Waals surface area contributed by atoms with Crippen LogP contribution in [0.5, 0.6) is 0 Å². The van der Waals surface area contributed by atoms with Crippen molar-refractivity contribution in [2.75, 3.05) is 20.2 Å². The van der Waals surface area contributed by atoms with Gasteiger partial charge >= 0.3 is 11.9 Å². The number of carbonyl (C=O) groups is 2. The van der Waals surface area contributed by atoms with Crippen molar-refractivity contribution in [3.63, 3.8) is 0 Å². The second kappa shape index (κ2) is 7.87. The topological polar surface area (TPSA) is 71.6 Å². The molecule has 6 heteroatoms. The molecule has 0 radical (unpaired) electrons. The van der Waals surface area contributed by atoms with E-state index in [-0.39, 0.29) is 12.0 Å². The summed E-state index contributed by atoms with van der Waals surface area (Å²) in [7, 11) is 1.35. The van der Waals surface area contributed by atoms with Gasteiger partial charge in [-0.15, -0.1) is 0 Å². The molecule has 3 heterocycles. The van der Waals surface area contributed by atoms with Crippen LogP contribution in [0.2, 0.25) is 0 Å². The molecule has 152 valence electrons. The van der Waals surface area contributed by atoms with Gasteiger partial charge in [-0.1, -0.05) is 29.8 Å². The fourth-order valence-electron chi connectivity index (χ4n) is 4.70. The molecule has 2 aliphatic rings. The molecule has 1 aromatic carbocycles. The number of ether oxygens (including phenoxy) is 2. The lowest BCUT2D eigenvalue weighted by molar-refractivity contribution is -0.137. The first-order valence-electron chi connectivity index (χ1n) is 9.97. The Labute approximate surface area is 170 Å². The number of methoxy groups -OCH3 is 1. The minimum atomic E-state index is -0.461. The summed E-state index contributed by atoms with van der Waals surface area (Å²) >= 11 is 0. The van der Waals surface area contributed by atoms with Crippen molar-refractivity contribution >= 4 is 22.8 Å². The molecule has 0 amide bonds. The first-order chi connectivity index (χ1) is 14.0. The Morgan fingerprint density at radius 2 is 2.07 bits per heavy atom. The van der Waals surface area contributed by atoms with Crippen molar-refractivity contribution in [3.05, 3.63) is 59.0 Å². The maximum Gasteiger partial charge on any atom is 0.337 e. The van der Waals surface area contributed by atoms with Crippen LogP contribution in [0.15, 0.2) is 47.7 Å². The number of benzene rings is 1. The van der Waals surface area contributed by atoms with Crippen LogP contribution in [0.25, 0.3) is 10.9 Å². The highest BCUT2D eigenvalue weighted by atomic mass is 16.5. The lowest BCUT2D eigenvalue weighted by Crippen LogP contribution is -2.43. The summed E-state index contributed by atoms with van der Waals surface area (Å²) in [5.74, 6) is -1.08. The number of allylic oxidation sites excluding steroid dienone is 1. The van der Waals surface area contributed by atoms with Crippen molar-refractivity contribution < 1.29 is 19.1 Å². The molecule has 0 saturated carbocycles. The van der Waals surface area contributed by atoms with Gasteiger partial charge in [-0.3, -0.25) is 9.69 Å². The molecule has 2 aliphatic heterocycles. The Morgan fingerprint density at radius 1 is 1.28 bits per heavy atom. The number of esters is 2. The fourth-order valence-corrected chi connectivity index (χ4v) is 4.70. The molecule has 2 aromatic rings. The third-order valence-corrected chi connectivity index (χ3v) is 6.08. The number of rotatable bonds is 3. The molecule has 2 atom stereocenters. The van der Waals surface area contributed by atoms with E-state index in [4.69, 9.17) is 9.47 Å². The van der Waals surface area contributed by atoms with Crippen LogP contribution < -0.4 is 0 Å². The lowest BCUT2D eigenvalue weighted by Gasteiger charge is -2.43. The molecule has 1 N–H and O–H groups in total. The monoisotopic (exact) mass is 394 g/mol. The summed E-state index contributed by atoms with van der Waals surface area (Å²) in [5.41, 5.74) is 5.28. The molecular weight excluding hydrogens is 368 g/mol. The van der Waals surface area contributed by atoms with E-state index < -0.39 is 11.9 Å². The predicted molar refractivity (Wildman–Crippen MR) is 110 cm³/mol. The average molecular weight is 394 g/mol. The Balaban J connectivity index is 1.74. The first-order valence-corrected chi connectivity index (χ1v) is 9.97. The summed E-state index contributed by atoms with van der Waals surface area (Å²) in [6.07, 6.45) is 5.06. The number of aromatic nitrogens is 1. The summed E-state index contributed by atoms with van der Waals surface area (Å²) in [5, 5.41) is 1.28. The zero-order valence-electron chi connectivity index (χ0n) is 17.0. The van der Waals surface area contributed by atoms with Gasteiger partial charge in [0.05, 0.1) is 18.7 Å². The number of hydrogen-bond acceptors (Lipinski definition) is 5. The van der Waals surface area contributed by atoms with E-state index in [9.17, 15) is 9.59 Å². The van der Waals surface area contributed by atoms with Gasteiger partial charge in [0, 0.05) is 42.5 Å². The van der Waals surface area contributed by atoms with Gasteiger partial charge in [0.2, 0.25) is 0 Å². The molecule has 1 aromatic heterocycles. The van der Waals surface area contributed by atoms with Gasteiger partial charge in [0.15, 0.2) is 0 Å². The van der Waals surface area contributed by atoms with Crippen LogP contribution in [0.3, 0.4) is 0 Å². The third-order valence-electron chi connectivity index (χ3n) is 6.08. The first kappa shape index (κ1) is 19.5. The average Bonchev–Trinajstić information content (AvgIpc) is 3.12. The molecule has 0 unspecified atom stereocenters. The van der Waals surface area contributed by atoms with E-state index in [0.29, 0.717) is 5.57 Å². The molecule has 6 nitrogen and oxygen atoms in total. The largest absolute Gasteiger partial charge is 0.466 e. The Morgan fingerprint density at radius 3 is 2.79 bits per heavy atom. The normalized spacial score (nSPS) is 23.6. The number of fused-ring (bicyclic) bond motifs is 5. The number of nitrogens with one attached hydrogen (secondary N) is 1. The molecule has 0 spiro atoms. The molecule has 1 fully saturated rings. The van der Waals surface area contributed by atoms with Gasteiger partial charge in [-0.2, -0.15) is 0 Å². The van der Waals surface area contributed by atoms with E-state index >= 15 is 0 Å². The number of piperidine rings is 1. The maximum absolute atomic E-state index is 12.5. The van der Waals surface area contributed by atoms with Gasteiger partial charge in [0.25, 0.3) is 0 Å². The predicted octanol–water partition coefficient (Wildman–Crippen LogP) is 3.65. The highest BCUT2D eigenvalue weighted by molar-refractivity contribution is 5.90. The number of hydrogen-bond donors (Lipinski definition) is 1. The SMILES string of the molecule is C/C=C1/CN2CCc3c([nH]c4ccccc34)[C@@H]2C[C@H]1/C(=C/OC(C)=O)C(=O)OC. The molecule has 0 bridgehead atoms. The Kier molecular flexibility index (Phi) is 5.28. The van der Waals surface area contributed by atoms with Crippen molar-refractivity contribution in [2.24, 2.45) is 5.92 Å². The minimum Gasteiger partial charge on any atom is -0.466 e. The summed E-state index contributed by atoms with van der Waals surface area (Å²) in [4.78, 5) is 29.9. The van der Waals surface area contributed by atoms with E-state index in [0.717, 1.165) is 37.0 Å². The van der Waals surface area contributed by atoms with Crippen molar-refractivity contribution in [2.45, 2.75) is 32.7 Å². The molecule has 1 saturated heterocycles. The second-order valence-electron chi connectivity index (χ2n) is 7.63. The number of nitrogens with zero attached hydrogens (tertiary/aromatic N) is 1. The van der Waals surface area contributed by atoms with Crippen molar-refractivity contribution in [3.8, 4) is 0 Å². The van der Waals surface area contributed by atoms with Crippen molar-refractivity contribution in [1.29, 1.82) is 0 Å².